The summed E-state index contributed by atoms with van der Waals surface area (Å²) in [6.45, 7) is 5.28. The van der Waals surface area contributed by atoms with Crippen LogP contribution in [0.1, 0.15) is 12.5 Å². The molecule has 8 nitrogen and oxygen atoms in total. The van der Waals surface area contributed by atoms with Crippen molar-refractivity contribution in [3.63, 3.8) is 0 Å². The van der Waals surface area contributed by atoms with Crippen LogP contribution in [0.3, 0.4) is 0 Å². The third-order valence-electron chi connectivity index (χ3n) is 6.03. The van der Waals surface area contributed by atoms with Crippen molar-refractivity contribution in [2.24, 2.45) is 0 Å². The number of aryl methyl sites for hydroxylation is 1. The second kappa shape index (κ2) is 8.90. The Labute approximate surface area is 191 Å². The van der Waals surface area contributed by atoms with Crippen molar-refractivity contribution < 1.29 is 9.15 Å². The molecule has 33 heavy (non-hydrogen) atoms. The Balaban J connectivity index is 1.50. The van der Waals surface area contributed by atoms with Gasteiger partial charge in [0.25, 0.3) is 0 Å². The smallest absolute Gasteiger partial charge is 0.347 e. The molecule has 1 aromatic carbocycles. The maximum atomic E-state index is 12.9. The number of rotatable bonds is 5. The fraction of sp³-hybridized carbons (Fsp3) is 0.280. The molecule has 5 rings (SSSR count). The monoisotopic (exact) mass is 443 g/mol. The lowest BCUT2D eigenvalue weighted by atomic mass is 10.1. The molecule has 4 aromatic rings. The minimum Gasteiger partial charge on any atom is -0.497 e. The van der Waals surface area contributed by atoms with Crippen molar-refractivity contribution in [1.29, 1.82) is 0 Å². The van der Waals surface area contributed by atoms with Crippen LogP contribution in [0.4, 0.5) is 11.5 Å². The van der Waals surface area contributed by atoms with Gasteiger partial charge in [-0.05, 0) is 42.3 Å². The van der Waals surface area contributed by atoms with Crippen LogP contribution in [0, 0.1) is 0 Å². The van der Waals surface area contributed by atoms with Crippen molar-refractivity contribution >= 4 is 22.4 Å². The molecule has 0 aliphatic carbocycles. The van der Waals surface area contributed by atoms with Crippen LogP contribution >= 0.6 is 0 Å². The maximum absolute atomic E-state index is 12.9. The molecule has 0 unspecified atom stereocenters. The van der Waals surface area contributed by atoms with Crippen LogP contribution in [-0.2, 0) is 6.42 Å². The van der Waals surface area contributed by atoms with Crippen molar-refractivity contribution in [1.82, 2.24) is 15.0 Å². The zero-order valence-electron chi connectivity index (χ0n) is 18.7. The summed E-state index contributed by atoms with van der Waals surface area (Å²) in [7, 11) is 1.61. The first-order valence-corrected chi connectivity index (χ1v) is 11.0. The summed E-state index contributed by atoms with van der Waals surface area (Å²) < 4.78 is 11.1. The molecule has 0 bridgehead atoms. The minimum atomic E-state index is -0.396. The fourth-order valence-electron chi connectivity index (χ4n) is 4.31. The fourth-order valence-corrected chi connectivity index (χ4v) is 4.31. The quantitative estimate of drug-likeness (QED) is 0.463. The predicted octanol–water partition coefficient (Wildman–Crippen LogP) is 3.54. The third-order valence-corrected chi connectivity index (χ3v) is 6.03. The number of pyridine rings is 2. The number of benzene rings is 1. The van der Waals surface area contributed by atoms with Crippen LogP contribution in [0.5, 0.6) is 5.75 Å². The van der Waals surface area contributed by atoms with Crippen molar-refractivity contribution in [2.75, 3.05) is 43.1 Å². The van der Waals surface area contributed by atoms with Gasteiger partial charge in [0.1, 0.15) is 11.6 Å². The summed E-state index contributed by atoms with van der Waals surface area (Å²) in [5.74, 6) is 1.70. The van der Waals surface area contributed by atoms with Gasteiger partial charge in [-0.3, -0.25) is 4.98 Å². The maximum Gasteiger partial charge on any atom is 0.347 e. The molecule has 0 saturated carbocycles. The van der Waals surface area contributed by atoms with Gasteiger partial charge in [-0.2, -0.15) is 0 Å². The minimum absolute atomic E-state index is 0.266. The van der Waals surface area contributed by atoms with E-state index in [9.17, 15) is 4.79 Å². The summed E-state index contributed by atoms with van der Waals surface area (Å²) >= 11 is 0. The van der Waals surface area contributed by atoms with E-state index in [1.807, 2.05) is 49.6 Å². The highest BCUT2D eigenvalue weighted by Gasteiger charge is 2.23. The zero-order chi connectivity index (χ0) is 22.8. The van der Waals surface area contributed by atoms with E-state index in [4.69, 9.17) is 14.1 Å². The van der Waals surface area contributed by atoms with Gasteiger partial charge in [-0.25, -0.2) is 14.8 Å². The van der Waals surface area contributed by atoms with Crippen molar-refractivity contribution in [3.8, 4) is 17.2 Å². The number of fused-ring (bicyclic) bond motifs is 1. The zero-order valence-corrected chi connectivity index (χ0v) is 18.7. The van der Waals surface area contributed by atoms with E-state index in [1.165, 1.54) is 0 Å². The highest BCUT2D eigenvalue weighted by atomic mass is 16.5. The van der Waals surface area contributed by atoms with E-state index in [0.29, 0.717) is 28.6 Å². The number of methoxy groups -OCH3 is 1. The summed E-state index contributed by atoms with van der Waals surface area (Å²) in [6, 6.07) is 11.4. The average Bonchev–Trinajstić information content (AvgIpc) is 2.88. The number of aromatic nitrogens is 3. The Morgan fingerprint density at radius 1 is 1.03 bits per heavy atom. The second-order valence-corrected chi connectivity index (χ2v) is 7.89. The lowest BCUT2D eigenvalue weighted by Gasteiger charge is -2.37. The number of hydrogen-bond donors (Lipinski definition) is 0. The first kappa shape index (κ1) is 20.9. The highest BCUT2D eigenvalue weighted by Crippen LogP contribution is 2.30. The molecule has 1 aliphatic heterocycles. The molecule has 1 fully saturated rings. The van der Waals surface area contributed by atoms with Crippen LogP contribution in [0.2, 0.25) is 0 Å². The Morgan fingerprint density at radius 3 is 2.52 bits per heavy atom. The molecule has 0 spiro atoms. The van der Waals surface area contributed by atoms with Crippen molar-refractivity contribution in [3.05, 3.63) is 71.0 Å². The third kappa shape index (κ3) is 4.00. The molecule has 168 valence electrons. The van der Waals surface area contributed by atoms with Crippen LogP contribution < -0.4 is 20.2 Å². The highest BCUT2D eigenvalue weighted by molar-refractivity contribution is 5.84. The Bertz CT molecular complexity index is 1330. The topological polar surface area (TPSA) is 84.6 Å². The molecular formula is C25H25N5O3. The normalized spacial score (nSPS) is 14.0. The van der Waals surface area contributed by atoms with E-state index in [-0.39, 0.29) is 5.89 Å². The molecular weight excluding hydrogens is 418 g/mol. The lowest BCUT2D eigenvalue weighted by Crippen LogP contribution is -2.47. The summed E-state index contributed by atoms with van der Waals surface area (Å²) in [4.78, 5) is 30.9. The molecule has 8 heteroatoms. The Morgan fingerprint density at radius 2 is 1.79 bits per heavy atom. The van der Waals surface area contributed by atoms with Gasteiger partial charge in [-0.1, -0.05) is 6.92 Å². The van der Waals surface area contributed by atoms with Crippen LogP contribution in [0.15, 0.2) is 64.2 Å². The predicted molar refractivity (Wildman–Crippen MR) is 128 cm³/mol. The van der Waals surface area contributed by atoms with Crippen LogP contribution in [-0.4, -0.2) is 48.2 Å². The van der Waals surface area contributed by atoms with Crippen LogP contribution in [0.25, 0.3) is 22.4 Å². The van der Waals surface area contributed by atoms with E-state index in [2.05, 4.69) is 19.8 Å². The number of piperazine rings is 1. The summed E-state index contributed by atoms with van der Waals surface area (Å²) in [5.41, 5.74) is 2.89. The Hall–Kier alpha value is -3.94. The van der Waals surface area contributed by atoms with E-state index in [0.717, 1.165) is 43.2 Å². The Kier molecular flexibility index (Phi) is 5.64. The average molecular weight is 444 g/mol. The molecule has 1 saturated heterocycles. The first-order chi connectivity index (χ1) is 16.2. The molecule has 0 radical (unpaired) electrons. The molecule has 0 atom stereocenters. The van der Waals surface area contributed by atoms with Gasteiger partial charge in [0.2, 0.25) is 5.89 Å². The van der Waals surface area contributed by atoms with Gasteiger partial charge in [0.05, 0.1) is 23.6 Å². The summed E-state index contributed by atoms with van der Waals surface area (Å²) in [5, 5.41) is 0.499. The number of anilines is 2. The van der Waals surface area contributed by atoms with Crippen molar-refractivity contribution in [2.45, 2.75) is 13.3 Å². The van der Waals surface area contributed by atoms with Gasteiger partial charge in [0.15, 0.2) is 0 Å². The summed E-state index contributed by atoms with van der Waals surface area (Å²) in [6.07, 6.45) is 6.06. The van der Waals surface area contributed by atoms with Gasteiger partial charge in [0, 0.05) is 56.5 Å². The molecule has 1 aliphatic rings. The SMILES string of the molecule is CCc1cc(OC)cc2nc(-c3cccnc3N3CCN(c4ccncc4)CC3)oc(=O)c12. The molecule has 0 N–H and O–H groups in total. The largest absolute Gasteiger partial charge is 0.497 e. The second-order valence-electron chi connectivity index (χ2n) is 7.89. The first-order valence-electron chi connectivity index (χ1n) is 11.0. The van der Waals surface area contributed by atoms with Gasteiger partial charge in [-0.15, -0.1) is 0 Å². The van der Waals surface area contributed by atoms with Gasteiger partial charge < -0.3 is 19.0 Å². The number of nitrogens with zero attached hydrogens (tertiary/aromatic N) is 5. The number of hydrogen-bond acceptors (Lipinski definition) is 8. The van der Waals surface area contributed by atoms with E-state index in [1.54, 1.807) is 19.4 Å². The van der Waals surface area contributed by atoms with E-state index < -0.39 is 5.63 Å². The molecule has 0 amide bonds. The number of ether oxygens (including phenoxy) is 1. The van der Waals surface area contributed by atoms with E-state index >= 15 is 0 Å². The molecule has 3 aromatic heterocycles. The molecule has 4 heterocycles. The lowest BCUT2D eigenvalue weighted by molar-refractivity contribution is 0.414. The standard InChI is InChI=1S/C25H25N5O3/c1-3-17-15-19(32-2)16-21-22(17)25(31)33-24(28-21)20-5-4-8-27-23(20)30-13-11-29(12-14-30)18-6-9-26-10-7-18/h4-10,15-16H,3,11-14H2,1-2H3. The van der Waals surface area contributed by atoms with Gasteiger partial charge >= 0.3 is 5.63 Å².